The average molecular weight is 219 g/mol. The van der Waals surface area contributed by atoms with Gasteiger partial charge in [-0.05, 0) is 44.5 Å². The zero-order valence-electron chi connectivity index (χ0n) is 10.2. The Bertz CT molecular complexity index is 334. The maximum atomic E-state index is 4.29. The Labute approximate surface area is 97.9 Å². The Hall–Kier alpha value is -1.09. The van der Waals surface area contributed by atoms with Crippen LogP contribution in [0.15, 0.2) is 18.3 Å². The van der Waals surface area contributed by atoms with Gasteiger partial charge in [0.2, 0.25) is 0 Å². The highest BCUT2D eigenvalue weighted by Gasteiger charge is 2.21. The zero-order valence-corrected chi connectivity index (χ0v) is 10.2. The molecule has 0 amide bonds. The Morgan fingerprint density at radius 2 is 2.31 bits per heavy atom. The highest BCUT2D eigenvalue weighted by atomic mass is 15.1. The average Bonchev–Trinajstić information content (AvgIpc) is 2.15. The van der Waals surface area contributed by atoms with E-state index < -0.39 is 0 Å². The minimum absolute atomic E-state index is 0.802. The van der Waals surface area contributed by atoms with Crippen LogP contribution in [0.5, 0.6) is 0 Å². The standard InChI is InChI=1S/C13H21N3/c1-3-14-13-9-11(7-8-15-13)10-16(2)12-5-4-6-12/h7-9,12H,3-6,10H2,1-2H3,(H,14,15). The maximum Gasteiger partial charge on any atom is 0.126 e. The van der Waals surface area contributed by atoms with Crippen molar-refractivity contribution in [1.82, 2.24) is 9.88 Å². The van der Waals surface area contributed by atoms with E-state index in [9.17, 15) is 0 Å². The van der Waals surface area contributed by atoms with Crippen molar-refractivity contribution in [2.45, 2.75) is 38.8 Å². The van der Waals surface area contributed by atoms with Gasteiger partial charge in [-0.1, -0.05) is 6.42 Å². The number of pyridine rings is 1. The van der Waals surface area contributed by atoms with Crippen molar-refractivity contribution in [3.63, 3.8) is 0 Å². The first-order valence-electron chi connectivity index (χ1n) is 6.18. The molecular weight excluding hydrogens is 198 g/mol. The van der Waals surface area contributed by atoms with E-state index >= 15 is 0 Å². The van der Waals surface area contributed by atoms with E-state index in [0.29, 0.717) is 0 Å². The van der Waals surface area contributed by atoms with E-state index in [1.807, 2.05) is 6.20 Å². The molecular formula is C13H21N3. The number of aromatic nitrogens is 1. The Morgan fingerprint density at radius 1 is 1.50 bits per heavy atom. The summed E-state index contributed by atoms with van der Waals surface area (Å²) in [6.07, 6.45) is 6.01. The van der Waals surface area contributed by atoms with Crippen molar-refractivity contribution in [3.05, 3.63) is 23.9 Å². The Kier molecular flexibility index (Phi) is 3.78. The molecule has 0 saturated heterocycles. The van der Waals surface area contributed by atoms with Crippen LogP contribution < -0.4 is 5.32 Å². The number of nitrogens with one attached hydrogen (secondary N) is 1. The van der Waals surface area contributed by atoms with Crippen molar-refractivity contribution in [2.75, 3.05) is 18.9 Å². The van der Waals surface area contributed by atoms with Gasteiger partial charge in [-0.25, -0.2) is 4.98 Å². The summed E-state index contributed by atoms with van der Waals surface area (Å²) < 4.78 is 0. The lowest BCUT2D eigenvalue weighted by atomic mass is 9.91. The van der Waals surface area contributed by atoms with Crippen LogP contribution in [-0.4, -0.2) is 29.5 Å². The summed E-state index contributed by atoms with van der Waals surface area (Å²) in [6.45, 7) is 4.05. The first kappa shape index (κ1) is 11.4. The molecule has 16 heavy (non-hydrogen) atoms. The smallest absolute Gasteiger partial charge is 0.126 e. The molecule has 0 aromatic carbocycles. The van der Waals surface area contributed by atoms with E-state index in [1.165, 1.54) is 24.8 Å². The molecule has 0 unspecified atom stereocenters. The normalized spacial score (nSPS) is 16.2. The number of hydrogen-bond donors (Lipinski definition) is 1. The summed E-state index contributed by atoms with van der Waals surface area (Å²) in [5.74, 6) is 0.988. The van der Waals surface area contributed by atoms with E-state index in [4.69, 9.17) is 0 Å². The monoisotopic (exact) mass is 219 g/mol. The molecule has 3 heteroatoms. The number of rotatable bonds is 5. The predicted molar refractivity (Wildman–Crippen MR) is 67.5 cm³/mol. The largest absolute Gasteiger partial charge is 0.370 e. The molecule has 88 valence electrons. The molecule has 0 atom stereocenters. The first-order chi connectivity index (χ1) is 7.79. The molecule has 1 fully saturated rings. The van der Waals surface area contributed by atoms with Gasteiger partial charge in [0, 0.05) is 25.3 Å². The molecule has 1 saturated carbocycles. The quantitative estimate of drug-likeness (QED) is 0.824. The SMILES string of the molecule is CCNc1cc(CN(C)C2CCC2)ccn1. The van der Waals surface area contributed by atoms with Gasteiger partial charge >= 0.3 is 0 Å². The summed E-state index contributed by atoms with van der Waals surface area (Å²) in [7, 11) is 2.22. The van der Waals surface area contributed by atoms with Crippen LogP contribution >= 0.6 is 0 Å². The Balaban J connectivity index is 1.94. The third kappa shape index (κ3) is 2.73. The molecule has 0 radical (unpaired) electrons. The van der Waals surface area contributed by atoms with E-state index in [2.05, 4.69) is 41.3 Å². The summed E-state index contributed by atoms with van der Waals surface area (Å²) >= 11 is 0. The van der Waals surface area contributed by atoms with Crippen LogP contribution in [0.25, 0.3) is 0 Å². The van der Waals surface area contributed by atoms with Crippen LogP contribution in [0.1, 0.15) is 31.7 Å². The van der Waals surface area contributed by atoms with E-state index in [-0.39, 0.29) is 0 Å². The lowest BCUT2D eigenvalue weighted by Crippen LogP contribution is -2.36. The van der Waals surface area contributed by atoms with Crippen molar-refractivity contribution >= 4 is 5.82 Å². The number of anilines is 1. The maximum absolute atomic E-state index is 4.29. The van der Waals surface area contributed by atoms with Crippen LogP contribution in [-0.2, 0) is 6.54 Å². The van der Waals surface area contributed by atoms with E-state index in [0.717, 1.165) is 24.9 Å². The third-order valence-corrected chi connectivity index (χ3v) is 3.31. The van der Waals surface area contributed by atoms with Gasteiger partial charge in [-0.2, -0.15) is 0 Å². The third-order valence-electron chi connectivity index (χ3n) is 3.31. The lowest BCUT2D eigenvalue weighted by molar-refractivity contribution is 0.152. The molecule has 1 aromatic rings. The molecule has 0 aliphatic heterocycles. The highest BCUT2D eigenvalue weighted by molar-refractivity contribution is 5.37. The van der Waals surface area contributed by atoms with Crippen molar-refractivity contribution < 1.29 is 0 Å². The van der Waals surface area contributed by atoms with Crippen molar-refractivity contribution in [2.24, 2.45) is 0 Å². The first-order valence-corrected chi connectivity index (χ1v) is 6.18. The fourth-order valence-electron chi connectivity index (χ4n) is 2.09. The molecule has 1 aromatic heterocycles. The Morgan fingerprint density at radius 3 is 2.94 bits per heavy atom. The molecule has 1 N–H and O–H groups in total. The van der Waals surface area contributed by atoms with Gasteiger partial charge in [0.05, 0.1) is 0 Å². The van der Waals surface area contributed by atoms with Crippen LogP contribution in [0.4, 0.5) is 5.82 Å². The molecule has 1 heterocycles. The van der Waals surface area contributed by atoms with E-state index in [1.54, 1.807) is 0 Å². The second-order valence-corrected chi connectivity index (χ2v) is 4.58. The summed E-state index contributed by atoms with van der Waals surface area (Å²) in [6, 6.07) is 5.06. The topological polar surface area (TPSA) is 28.2 Å². The van der Waals surface area contributed by atoms with Crippen LogP contribution in [0, 0.1) is 0 Å². The fourth-order valence-corrected chi connectivity index (χ4v) is 2.09. The van der Waals surface area contributed by atoms with Gasteiger partial charge in [0.15, 0.2) is 0 Å². The lowest BCUT2D eigenvalue weighted by Gasteiger charge is -2.34. The summed E-state index contributed by atoms with van der Waals surface area (Å²) in [4.78, 5) is 6.74. The molecule has 0 bridgehead atoms. The number of hydrogen-bond acceptors (Lipinski definition) is 3. The van der Waals surface area contributed by atoms with Gasteiger partial charge in [0.25, 0.3) is 0 Å². The molecule has 2 rings (SSSR count). The summed E-state index contributed by atoms with van der Waals surface area (Å²) in [5, 5.41) is 3.25. The van der Waals surface area contributed by atoms with Crippen molar-refractivity contribution in [1.29, 1.82) is 0 Å². The molecule has 1 aliphatic carbocycles. The van der Waals surface area contributed by atoms with Crippen LogP contribution in [0.3, 0.4) is 0 Å². The van der Waals surface area contributed by atoms with Gasteiger partial charge in [0.1, 0.15) is 5.82 Å². The van der Waals surface area contributed by atoms with Gasteiger partial charge in [-0.15, -0.1) is 0 Å². The molecule has 1 aliphatic rings. The predicted octanol–water partition coefficient (Wildman–Crippen LogP) is 2.50. The fraction of sp³-hybridized carbons (Fsp3) is 0.615. The van der Waals surface area contributed by atoms with Gasteiger partial charge < -0.3 is 5.32 Å². The van der Waals surface area contributed by atoms with Gasteiger partial charge in [-0.3, -0.25) is 4.90 Å². The number of nitrogens with zero attached hydrogens (tertiary/aromatic N) is 2. The minimum atomic E-state index is 0.802. The van der Waals surface area contributed by atoms with Crippen molar-refractivity contribution in [3.8, 4) is 0 Å². The highest BCUT2D eigenvalue weighted by Crippen LogP contribution is 2.24. The summed E-state index contributed by atoms with van der Waals surface area (Å²) in [5.41, 5.74) is 1.35. The molecule has 0 spiro atoms. The second kappa shape index (κ2) is 5.30. The minimum Gasteiger partial charge on any atom is -0.370 e. The molecule has 3 nitrogen and oxygen atoms in total. The zero-order chi connectivity index (χ0) is 11.4. The van der Waals surface area contributed by atoms with Crippen LogP contribution in [0.2, 0.25) is 0 Å². The second-order valence-electron chi connectivity index (χ2n) is 4.58.